The maximum atomic E-state index is 5.61. The van der Waals surface area contributed by atoms with Crippen LogP contribution < -0.4 is 15.2 Å². The normalized spacial score (nSPS) is 10.6. The smallest absolute Gasteiger partial charge is 0.127 e. The minimum atomic E-state index is 0.467. The van der Waals surface area contributed by atoms with Gasteiger partial charge < -0.3 is 15.2 Å². The van der Waals surface area contributed by atoms with Gasteiger partial charge in [0.05, 0.1) is 7.11 Å². The zero-order valence-electron chi connectivity index (χ0n) is 9.19. The minimum Gasteiger partial charge on any atom is -0.497 e. The van der Waals surface area contributed by atoms with Crippen LogP contribution in [0.4, 0.5) is 0 Å². The van der Waals surface area contributed by atoms with E-state index in [0.717, 1.165) is 17.1 Å². The van der Waals surface area contributed by atoms with E-state index in [0.29, 0.717) is 13.2 Å². The van der Waals surface area contributed by atoms with Gasteiger partial charge >= 0.3 is 0 Å². The van der Waals surface area contributed by atoms with Gasteiger partial charge in [0.25, 0.3) is 0 Å². The van der Waals surface area contributed by atoms with Crippen molar-refractivity contribution in [1.29, 1.82) is 0 Å². The molecule has 1 rings (SSSR count). The number of benzene rings is 1. The van der Waals surface area contributed by atoms with Crippen molar-refractivity contribution >= 4 is 0 Å². The Morgan fingerprint density at radius 3 is 2.80 bits per heavy atom. The first-order valence-electron chi connectivity index (χ1n) is 4.92. The Hall–Kier alpha value is -1.48. The summed E-state index contributed by atoms with van der Waals surface area (Å²) in [6.45, 7) is 2.98. The van der Waals surface area contributed by atoms with Gasteiger partial charge in [0.15, 0.2) is 0 Å². The molecule has 0 atom stereocenters. The predicted molar refractivity (Wildman–Crippen MR) is 61.2 cm³/mol. The fourth-order valence-corrected chi connectivity index (χ4v) is 1.20. The monoisotopic (exact) mass is 207 g/mol. The zero-order valence-corrected chi connectivity index (χ0v) is 9.19. The summed E-state index contributed by atoms with van der Waals surface area (Å²) >= 11 is 0. The van der Waals surface area contributed by atoms with Crippen LogP contribution in [-0.4, -0.2) is 13.7 Å². The Balaban J connectivity index is 2.81. The van der Waals surface area contributed by atoms with E-state index in [1.54, 1.807) is 7.11 Å². The van der Waals surface area contributed by atoms with Crippen LogP contribution in [0, 0.1) is 0 Å². The number of hydrogen-bond acceptors (Lipinski definition) is 3. The van der Waals surface area contributed by atoms with Crippen molar-refractivity contribution in [2.45, 2.75) is 13.5 Å². The van der Waals surface area contributed by atoms with Crippen molar-refractivity contribution in [2.24, 2.45) is 5.73 Å². The molecule has 0 amide bonds. The van der Waals surface area contributed by atoms with Gasteiger partial charge in [0.2, 0.25) is 0 Å². The average Bonchev–Trinajstić information content (AvgIpc) is 2.29. The van der Waals surface area contributed by atoms with Crippen molar-refractivity contribution in [3.63, 3.8) is 0 Å². The second kappa shape index (κ2) is 6.09. The van der Waals surface area contributed by atoms with Gasteiger partial charge in [0, 0.05) is 18.2 Å². The summed E-state index contributed by atoms with van der Waals surface area (Å²) in [6.07, 6.45) is 3.89. The quantitative estimate of drug-likeness (QED) is 0.752. The Morgan fingerprint density at radius 1 is 1.40 bits per heavy atom. The van der Waals surface area contributed by atoms with Crippen LogP contribution in [0.15, 0.2) is 30.4 Å². The van der Waals surface area contributed by atoms with Crippen LogP contribution in [-0.2, 0) is 6.54 Å². The molecule has 3 heteroatoms. The first-order valence-corrected chi connectivity index (χ1v) is 4.92. The van der Waals surface area contributed by atoms with Gasteiger partial charge in [-0.15, -0.1) is 0 Å². The summed E-state index contributed by atoms with van der Waals surface area (Å²) in [5.74, 6) is 1.57. The molecular formula is C12H17NO2. The summed E-state index contributed by atoms with van der Waals surface area (Å²) in [7, 11) is 1.63. The molecule has 1 aromatic carbocycles. The van der Waals surface area contributed by atoms with E-state index in [-0.39, 0.29) is 0 Å². The van der Waals surface area contributed by atoms with Crippen molar-refractivity contribution in [2.75, 3.05) is 13.7 Å². The van der Waals surface area contributed by atoms with Gasteiger partial charge in [-0.25, -0.2) is 0 Å². The molecule has 15 heavy (non-hydrogen) atoms. The number of allylic oxidation sites excluding steroid dienone is 1. The van der Waals surface area contributed by atoms with Crippen LogP contribution in [0.5, 0.6) is 11.5 Å². The molecular weight excluding hydrogens is 190 g/mol. The molecule has 0 aromatic heterocycles. The van der Waals surface area contributed by atoms with E-state index in [9.17, 15) is 0 Å². The Labute approximate surface area is 90.5 Å². The van der Waals surface area contributed by atoms with E-state index < -0.39 is 0 Å². The van der Waals surface area contributed by atoms with Gasteiger partial charge in [-0.3, -0.25) is 0 Å². The number of nitrogens with two attached hydrogens (primary N) is 1. The van der Waals surface area contributed by atoms with E-state index in [4.69, 9.17) is 15.2 Å². The lowest BCUT2D eigenvalue weighted by Crippen LogP contribution is -2.02. The van der Waals surface area contributed by atoms with Crippen molar-refractivity contribution in [3.05, 3.63) is 35.9 Å². The highest BCUT2D eigenvalue weighted by Crippen LogP contribution is 2.24. The van der Waals surface area contributed by atoms with Crippen LogP contribution in [0.2, 0.25) is 0 Å². The lowest BCUT2D eigenvalue weighted by molar-refractivity contribution is 0.353. The highest BCUT2D eigenvalue weighted by atomic mass is 16.5. The highest BCUT2D eigenvalue weighted by Gasteiger charge is 2.03. The van der Waals surface area contributed by atoms with Crippen LogP contribution in [0.1, 0.15) is 12.5 Å². The number of ether oxygens (including phenoxy) is 2. The van der Waals surface area contributed by atoms with Crippen LogP contribution in [0.3, 0.4) is 0 Å². The topological polar surface area (TPSA) is 44.5 Å². The van der Waals surface area contributed by atoms with Crippen molar-refractivity contribution in [3.8, 4) is 11.5 Å². The van der Waals surface area contributed by atoms with Crippen molar-refractivity contribution < 1.29 is 9.47 Å². The molecule has 0 saturated carbocycles. The van der Waals surface area contributed by atoms with E-state index in [1.807, 2.05) is 37.3 Å². The molecule has 0 aliphatic carbocycles. The molecule has 0 spiro atoms. The SMILES string of the molecule is C/C=C/COc1cc(OC)ccc1CN. The third-order valence-electron chi connectivity index (χ3n) is 2.07. The Morgan fingerprint density at radius 2 is 2.20 bits per heavy atom. The average molecular weight is 207 g/mol. The number of rotatable bonds is 5. The van der Waals surface area contributed by atoms with Crippen LogP contribution in [0.25, 0.3) is 0 Å². The first-order chi connectivity index (χ1) is 7.31. The molecule has 0 unspecified atom stereocenters. The van der Waals surface area contributed by atoms with E-state index in [2.05, 4.69) is 0 Å². The summed E-state index contributed by atoms with van der Waals surface area (Å²) in [5, 5.41) is 0. The molecule has 0 fully saturated rings. The molecule has 3 nitrogen and oxygen atoms in total. The van der Waals surface area contributed by atoms with Gasteiger partial charge in [-0.05, 0) is 13.0 Å². The molecule has 1 aromatic rings. The lowest BCUT2D eigenvalue weighted by atomic mass is 10.2. The Bertz CT molecular complexity index is 334. The maximum absolute atomic E-state index is 5.61. The molecule has 0 saturated heterocycles. The lowest BCUT2D eigenvalue weighted by Gasteiger charge is -2.10. The highest BCUT2D eigenvalue weighted by molar-refractivity contribution is 5.40. The summed E-state index contributed by atoms with van der Waals surface area (Å²) in [6, 6.07) is 5.65. The predicted octanol–water partition coefficient (Wildman–Crippen LogP) is 2.11. The molecule has 0 heterocycles. The zero-order chi connectivity index (χ0) is 11.1. The Kier molecular flexibility index (Phi) is 4.71. The molecule has 0 aliphatic rings. The molecule has 0 aliphatic heterocycles. The minimum absolute atomic E-state index is 0.467. The maximum Gasteiger partial charge on any atom is 0.127 e. The van der Waals surface area contributed by atoms with E-state index in [1.165, 1.54) is 0 Å². The van der Waals surface area contributed by atoms with Gasteiger partial charge in [-0.1, -0.05) is 18.2 Å². The van der Waals surface area contributed by atoms with Gasteiger partial charge in [-0.2, -0.15) is 0 Å². The van der Waals surface area contributed by atoms with Crippen LogP contribution >= 0.6 is 0 Å². The summed E-state index contributed by atoms with van der Waals surface area (Å²) in [4.78, 5) is 0. The number of hydrogen-bond donors (Lipinski definition) is 1. The largest absolute Gasteiger partial charge is 0.497 e. The standard InChI is InChI=1S/C12H17NO2/c1-3-4-7-15-12-8-11(14-2)6-5-10(12)9-13/h3-6,8H,7,9,13H2,1-2H3/b4-3+. The fourth-order valence-electron chi connectivity index (χ4n) is 1.20. The molecule has 82 valence electrons. The molecule has 0 bridgehead atoms. The summed E-state index contributed by atoms with van der Waals surface area (Å²) in [5.41, 5.74) is 6.59. The second-order valence-electron chi connectivity index (χ2n) is 3.06. The van der Waals surface area contributed by atoms with Crippen molar-refractivity contribution in [1.82, 2.24) is 0 Å². The summed E-state index contributed by atoms with van der Waals surface area (Å²) < 4.78 is 10.7. The van der Waals surface area contributed by atoms with E-state index >= 15 is 0 Å². The molecule has 0 radical (unpaired) electrons. The third kappa shape index (κ3) is 3.29. The molecule has 2 N–H and O–H groups in total. The third-order valence-corrected chi connectivity index (χ3v) is 2.07. The first kappa shape index (κ1) is 11.6. The van der Waals surface area contributed by atoms with Gasteiger partial charge in [0.1, 0.15) is 18.1 Å². The fraction of sp³-hybridized carbons (Fsp3) is 0.333. The second-order valence-corrected chi connectivity index (χ2v) is 3.06. The number of methoxy groups -OCH3 is 1.